The molecule has 192 valence electrons. The van der Waals surface area contributed by atoms with Gasteiger partial charge in [-0.1, -0.05) is 25.5 Å². The number of fused-ring (bicyclic) bond motifs is 1. The van der Waals surface area contributed by atoms with Gasteiger partial charge in [0.25, 0.3) is 5.91 Å². The number of hydrogen-bond acceptors (Lipinski definition) is 6. The number of aromatic hydroxyl groups is 1. The van der Waals surface area contributed by atoms with E-state index in [-0.39, 0.29) is 11.7 Å². The number of methoxy groups -OCH3 is 2. The minimum atomic E-state index is -0.406. The van der Waals surface area contributed by atoms with E-state index in [0.717, 1.165) is 35.1 Å². The van der Waals surface area contributed by atoms with Gasteiger partial charge in [0.05, 0.1) is 19.8 Å². The molecule has 4 rings (SSSR count). The summed E-state index contributed by atoms with van der Waals surface area (Å²) < 4.78 is 16.8. The molecule has 1 aromatic heterocycles. The van der Waals surface area contributed by atoms with Crippen LogP contribution in [0.4, 0.5) is 0 Å². The number of ether oxygens (including phenoxy) is 3. The van der Waals surface area contributed by atoms with Crippen LogP contribution in [0.15, 0.2) is 30.3 Å². The number of phenolic OH excluding ortho intramolecular Hbond substituents is 1. The van der Waals surface area contributed by atoms with E-state index in [4.69, 9.17) is 14.2 Å². The van der Waals surface area contributed by atoms with Crippen molar-refractivity contribution in [2.24, 2.45) is 0 Å². The maximum Gasteiger partial charge on any atom is 0.273 e. The van der Waals surface area contributed by atoms with Gasteiger partial charge in [-0.15, -0.1) is 0 Å². The van der Waals surface area contributed by atoms with Crippen molar-refractivity contribution in [3.8, 4) is 28.5 Å². The molecule has 0 bridgehead atoms. The first kappa shape index (κ1) is 25.6. The van der Waals surface area contributed by atoms with Crippen LogP contribution in [0.2, 0.25) is 0 Å². The van der Waals surface area contributed by atoms with Crippen molar-refractivity contribution in [2.45, 2.75) is 46.1 Å². The second kappa shape index (κ2) is 11.0. The average Bonchev–Trinajstić information content (AvgIpc) is 3.41. The summed E-state index contributed by atoms with van der Waals surface area (Å²) in [6.07, 6.45) is 2.69. The van der Waals surface area contributed by atoms with E-state index in [2.05, 4.69) is 17.1 Å². The smallest absolute Gasteiger partial charge is 0.273 e. The number of carbonyl (C=O) groups excluding carboxylic acids is 1. The molecule has 0 aliphatic carbocycles. The number of aryl methyl sites for hydroxylation is 2. The fourth-order valence-electron chi connectivity index (χ4n) is 4.80. The third-order valence-electron chi connectivity index (χ3n) is 6.57. The first-order chi connectivity index (χ1) is 17.4. The molecular formula is C28H35N3O5. The summed E-state index contributed by atoms with van der Waals surface area (Å²) in [5.74, 6) is 1.32. The van der Waals surface area contributed by atoms with Gasteiger partial charge in [-0.3, -0.25) is 9.89 Å². The zero-order chi connectivity index (χ0) is 25.8. The van der Waals surface area contributed by atoms with Gasteiger partial charge in [0.1, 0.15) is 17.1 Å². The highest BCUT2D eigenvalue weighted by atomic mass is 16.5. The van der Waals surface area contributed by atoms with E-state index >= 15 is 0 Å². The van der Waals surface area contributed by atoms with Crippen molar-refractivity contribution in [1.82, 2.24) is 15.1 Å². The number of H-pyrrole nitrogens is 1. The van der Waals surface area contributed by atoms with Gasteiger partial charge in [0.2, 0.25) is 0 Å². The number of aromatic nitrogens is 2. The molecule has 36 heavy (non-hydrogen) atoms. The molecule has 0 spiro atoms. The van der Waals surface area contributed by atoms with Crippen LogP contribution < -0.4 is 9.47 Å². The Morgan fingerprint density at radius 2 is 1.89 bits per heavy atom. The standard InChI is InChI=1S/C28H35N3O5/c1-6-7-13-36-21-10-9-19(16-22(21)35-5)26-23-24(20-15-17(2)14-18(3)27(20)32)29-30-25(23)28(33)31(26)11-8-12-34-4/h9-10,14-16,26,32H,6-8,11-13H2,1-5H3,(H,29,30). The Bertz CT molecular complexity index is 1240. The van der Waals surface area contributed by atoms with E-state index < -0.39 is 6.04 Å². The minimum absolute atomic E-state index is 0.129. The molecule has 1 aliphatic heterocycles. The van der Waals surface area contributed by atoms with Crippen molar-refractivity contribution in [1.29, 1.82) is 0 Å². The number of hydrogen-bond donors (Lipinski definition) is 2. The van der Waals surface area contributed by atoms with Crippen LogP contribution in [0, 0.1) is 13.8 Å². The molecule has 8 nitrogen and oxygen atoms in total. The number of nitrogens with one attached hydrogen (secondary N) is 1. The van der Waals surface area contributed by atoms with E-state index in [1.807, 2.05) is 49.1 Å². The Morgan fingerprint density at radius 1 is 1.08 bits per heavy atom. The lowest BCUT2D eigenvalue weighted by Crippen LogP contribution is -2.31. The summed E-state index contributed by atoms with van der Waals surface area (Å²) in [4.78, 5) is 15.4. The van der Waals surface area contributed by atoms with Crippen molar-refractivity contribution < 1.29 is 24.1 Å². The van der Waals surface area contributed by atoms with Crippen LogP contribution in [0.25, 0.3) is 11.3 Å². The molecule has 2 heterocycles. The quantitative estimate of drug-likeness (QED) is 0.358. The highest BCUT2D eigenvalue weighted by Gasteiger charge is 2.42. The van der Waals surface area contributed by atoms with Crippen LogP contribution in [0.3, 0.4) is 0 Å². The highest BCUT2D eigenvalue weighted by molar-refractivity contribution is 6.00. The Hall–Kier alpha value is -3.52. The molecule has 0 saturated carbocycles. The summed E-state index contributed by atoms with van der Waals surface area (Å²) in [6, 6.07) is 9.21. The molecule has 1 atom stereocenters. The Kier molecular flexibility index (Phi) is 7.84. The largest absolute Gasteiger partial charge is 0.507 e. The van der Waals surface area contributed by atoms with Crippen LogP contribution in [0.5, 0.6) is 17.2 Å². The van der Waals surface area contributed by atoms with E-state index in [0.29, 0.717) is 54.6 Å². The third-order valence-corrected chi connectivity index (χ3v) is 6.57. The SMILES string of the molecule is CCCCOc1ccc(C2c3c(-c4cc(C)cc(C)c4O)n[nH]c3C(=O)N2CCCOC)cc1OC. The van der Waals surface area contributed by atoms with E-state index in [1.165, 1.54) is 0 Å². The van der Waals surface area contributed by atoms with E-state index in [9.17, 15) is 9.90 Å². The van der Waals surface area contributed by atoms with Gasteiger partial charge in [-0.2, -0.15) is 5.10 Å². The van der Waals surface area contributed by atoms with Crippen molar-refractivity contribution in [3.63, 3.8) is 0 Å². The molecule has 2 aromatic carbocycles. The highest BCUT2D eigenvalue weighted by Crippen LogP contribution is 2.46. The van der Waals surface area contributed by atoms with Crippen molar-refractivity contribution in [2.75, 3.05) is 34.0 Å². The minimum Gasteiger partial charge on any atom is -0.507 e. The predicted molar refractivity (Wildman–Crippen MR) is 138 cm³/mol. The second-order valence-electron chi connectivity index (χ2n) is 9.20. The number of carbonyl (C=O) groups is 1. The summed E-state index contributed by atoms with van der Waals surface area (Å²) in [6.45, 7) is 7.62. The molecule has 1 unspecified atom stereocenters. The number of nitrogens with zero attached hydrogens (tertiary/aromatic N) is 2. The summed E-state index contributed by atoms with van der Waals surface area (Å²) in [5, 5.41) is 18.4. The second-order valence-corrected chi connectivity index (χ2v) is 9.20. The van der Waals surface area contributed by atoms with Crippen LogP contribution in [-0.4, -0.2) is 60.1 Å². The number of benzene rings is 2. The van der Waals surface area contributed by atoms with Gasteiger partial charge >= 0.3 is 0 Å². The molecule has 2 N–H and O–H groups in total. The van der Waals surface area contributed by atoms with Gasteiger partial charge < -0.3 is 24.2 Å². The Morgan fingerprint density at radius 3 is 2.61 bits per heavy atom. The first-order valence-corrected chi connectivity index (χ1v) is 12.4. The van der Waals surface area contributed by atoms with Gasteiger partial charge in [-0.05, 0) is 61.6 Å². The lowest BCUT2D eigenvalue weighted by Gasteiger charge is -2.27. The van der Waals surface area contributed by atoms with E-state index in [1.54, 1.807) is 14.2 Å². The average molecular weight is 494 g/mol. The zero-order valence-electron chi connectivity index (χ0n) is 21.7. The normalized spacial score (nSPS) is 14.9. The maximum absolute atomic E-state index is 13.5. The van der Waals surface area contributed by atoms with Crippen LogP contribution in [0.1, 0.15) is 65.0 Å². The van der Waals surface area contributed by atoms with Gasteiger partial charge in [-0.25, -0.2) is 0 Å². The summed E-state index contributed by atoms with van der Waals surface area (Å²) >= 11 is 0. The third kappa shape index (κ3) is 4.78. The lowest BCUT2D eigenvalue weighted by molar-refractivity contribution is 0.0723. The number of amides is 1. The number of phenols is 1. The summed E-state index contributed by atoms with van der Waals surface area (Å²) in [7, 11) is 3.27. The monoisotopic (exact) mass is 493 g/mol. The topological polar surface area (TPSA) is 96.9 Å². The molecule has 8 heteroatoms. The fourth-order valence-corrected chi connectivity index (χ4v) is 4.80. The van der Waals surface area contributed by atoms with Crippen molar-refractivity contribution >= 4 is 5.91 Å². The Balaban J connectivity index is 1.82. The number of aromatic amines is 1. The number of rotatable bonds is 11. The molecule has 0 saturated heterocycles. The molecule has 0 radical (unpaired) electrons. The van der Waals surface area contributed by atoms with Crippen molar-refractivity contribution in [3.05, 3.63) is 58.3 Å². The lowest BCUT2D eigenvalue weighted by atomic mass is 9.94. The zero-order valence-corrected chi connectivity index (χ0v) is 21.7. The first-order valence-electron chi connectivity index (χ1n) is 12.4. The number of unbranched alkanes of at least 4 members (excludes halogenated alkanes) is 1. The molecule has 0 fully saturated rings. The van der Waals surface area contributed by atoms with Gasteiger partial charge in [0, 0.05) is 31.4 Å². The molecular weight excluding hydrogens is 458 g/mol. The maximum atomic E-state index is 13.5. The molecule has 1 amide bonds. The Labute approximate surface area is 212 Å². The predicted octanol–water partition coefficient (Wildman–Crippen LogP) is 5.17. The van der Waals surface area contributed by atoms with Crippen LogP contribution >= 0.6 is 0 Å². The van der Waals surface area contributed by atoms with Gasteiger partial charge in [0.15, 0.2) is 11.5 Å². The van der Waals surface area contributed by atoms with Crippen LogP contribution in [-0.2, 0) is 4.74 Å². The molecule has 1 aliphatic rings. The molecule has 3 aromatic rings. The fraction of sp³-hybridized carbons (Fsp3) is 0.429. The summed E-state index contributed by atoms with van der Waals surface area (Å²) in [5.41, 5.74) is 5.01.